The lowest BCUT2D eigenvalue weighted by atomic mass is 10.1. The number of allylic oxidation sites excluding steroid dienone is 24. The van der Waals surface area contributed by atoms with E-state index in [0.717, 1.165) is 128 Å². The third-order valence-electron chi connectivity index (χ3n) is 11.7. The van der Waals surface area contributed by atoms with E-state index in [1.54, 1.807) is 0 Å². The molecule has 0 fully saturated rings. The molecule has 404 valence electrons. The number of carbonyl (C=O) groups excluding carboxylic acids is 3. The molecule has 0 saturated heterocycles. The van der Waals surface area contributed by atoms with E-state index < -0.39 is 6.10 Å². The predicted molar refractivity (Wildman–Crippen MR) is 311 cm³/mol. The van der Waals surface area contributed by atoms with Crippen molar-refractivity contribution in [1.82, 2.24) is 0 Å². The van der Waals surface area contributed by atoms with Gasteiger partial charge in [0.1, 0.15) is 13.2 Å². The van der Waals surface area contributed by atoms with Crippen molar-refractivity contribution in [3.63, 3.8) is 0 Å². The summed E-state index contributed by atoms with van der Waals surface area (Å²) in [7, 11) is 0. The molecule has 0 radical (unpaired) electrons. The first kappa shape index (κ1) is 67.3. The second kappa shape index (κ2) is 58.9. The molecule has 0 saturated carbocycles. The molecular weight excluding hydrogens is 889 g/mol. The van der Waals surface area contributed by atoms with Crippen LogP contribution in [-0.2, 0) is 28.6 Å². The molecule has 0 aromatic rings. The molecule has 0 rings (SSSR count). The van der Waals surface area contributed by atoms with E-state index in [0.29, 0.717) is 12.8 Å². The Hall–Kier alpha value is -4.71. The van der Waals surface area contributed by atoms with E-state index in [4.69, 9.17) is 14.2 Å². The van der Waals surface area contributed by atoms with Gasteiger partial charge in [-0.05, 0) is 116 Å². The van der Waals surface area contributed by atoms with Crippen molar-refractivity contribution < 1.29 is 28.6 Å². The molecular formula is C66H104O6. The zero-order chi connectivity index (χ0) is 52.2. The van der Waals surface area contributed by atoms with E-state index in [1.165, 1.54) is 57.8 Å². The fraction of sp³-hybridized carbons (Fsp3) is 0.591. The average Bonchev–Trinajstić information content (AvgIpc) is 3.38. The van der Waals surface area contributed by atoms with Crippen molar-refractivity contribution in [3.8, 4) is 0 Å². The molecule has 0 aromatic carbocycles. The molecule has 1 atom stereocenters. The quantitative estimate of drug-likeness (QED) is 0.0199. The molecule has 0 amide bonds. The molecule has 6 nitrogen and oxygen atoms in total. The van der Waals surface area contributed by atoms with Crippen LogP contribution in [0.1, 0.15) is 233 Å². The minimum absolute atomic E-state index is 0.114. The zero-order valence-corrected chi connectivity index (χ0v) is 46.1. The van der Waals surface area contributed by atoms with Crippen molar-refractivity contribution in [1.29, 1.82) is 0 Å². The standard InChI is InChI=1S/C66H104O6/c1-4-7-10-13-16-19-22-25-28-31-33-36-38-41-44-47-50-53-56-59-65(68)71-62-63(61-70-64(67)58-55-52-49-46-43-40-37-34-30-27-24-21-18-15-12-9-6-3)72-66(69)60-57-54-51-48-45-42-39-35-32-29-26-23-20-17-14-11-8-5-2/h7,9-10,12,16-21,23,25-30,32,35,37,39-40,46,49,63H,4-6,8,11,13-15,22,24,31,33-34,36,38,41-45,47-48,50-62H2,1-3H3/b10-7-,12-9-,19-16-,20-17-,21-18-,26-23-,28-25-,30-27-,32-29-,39-35-,40-37-,49-46-. The summed E-state index contributed by atoms with van der Waals surface area (Å²) in [6.45, 7) is 6.30. The molecule has 0 aliphatic rings. The molecule has 0 aliphatic carbocycles. The summed E-state index contributed by atoms with van der Waals surface area (Å²) in [5.74, 6) is -1.01. The van der Waals surface area contributed by atoms with E-state index in [1.807, 2.05) is 0 Å². The maximum absolute atomic E-state index is 12.9. The smallest absolute Gasteiger partial charge is 0.306 e. The topological polar surface area (TPSA) is 78.9 Å². The van der Waals surface area contributed by atoms with Crippen molar-refractivity contribution in [2.75, 3.05) is 13.2 Å². The number of unbranched alkanes of at least 4 members (excludes halogenated alkanes) is 18. The Morgan fingerprint density at radius 1 is 0.306 bits per heavy atom. The third kappa shape index (κ3) is 56.2. The van der Waals surface area contributed by atoms with Crippen LogP contribution in [0.5, 0.6) is 0 Å². The van der Waals surface area contributed by atoms with Gasteiger partial charge in [0, 0.05) is 19.3 Å². The number of hydrogen-bond acceptors (Lipinski definition) is 6. The highest BCUT2D eigenvalue weighted by Gasteiger charge is 2.19. The normalized spacial score (nSPS) is 13.2. The van der Waals surface area contributed by atoms with Gasteiger partial charge in [-0.1, -0.05) is 244 Å². The summed E-state index contributed by atoms with van der Waals surface area (Å²) in [5, 5.41) is 0. The van der Waals surface area contributed by atoms with Crippen LogP contribution >= 0.6 is 0 Å². The second-order valence-corrected chi connectivity index (χ2v) is 18.5. The SMILES string of the molecule is CC/C=C\C/C=C\C/C=C\C/C=C\C/C=C\CCCC(=O)OCC(COC(=O)CCCCCCCCCCC/C=C\C/C=C\C/C=C\CC)OC(=O)CCCCCCC\C=C/C=C\C=C/C=C\CCCCC. The highest BCUT2D eigenvalue weighted by Crippen LogP contribution is 2.14. The number of rotatable bonds is 50. The van der Waals surface area contributed by atoms with Crippen LogP contribution < -0.4 is 0 Å². The first-order valence-corrected chi connectivity index (χ1v) is 28.9. The molecule has 6 heteroatoms. The van der Waals surface area contributed by atoms with Crippen LogP contribution in [0, 0.1) is 0 Å². The second-order valence-electron chi connectivity index (χ2n) is 18.5. The monoisotopic (exact) mass is 993 g/mol. The average molecular weight is 994 g/mol. The maximum Gasteiger partial charge on any atom is 0.306 e. The molecule has 0 bridgehead atoms. The van der Waals surface area contributed by atoms with Gasteiger partial charge in [-0.25, -0.2) is 0 Å². The van der Waals surface area contributed by atoms with Gasteiger partial charge in [-0.15, -0.1) is 0 Å². The minimum Gasteiger partial charge on any atom is -0.462 e. The molecule has 0 N–H and O–H groups in total. The molecule has 0 aliphatic heterocycles. The highest BCUT2D eigenvalue weighted by atomic mass is 16.6. The fourth-order valence-corrected chi connectivity index (χ4v) is 7.39. The van der Waals surface area contributed by atoms with Gasteiger partial charge in [0.25, 0.3) is 0 Å². The van der Waals surface area contributed by atoms with E-state index >= 15 is 0 Å². The Bertz CT molecular complexity index is 1610. The summed E-state index contributed by atoms with van der Waals surface area (Å²) in [4.78, 5) is 38.2. The summed E-state index contributed by atoms with van der Waals surface area (Å²) in [6.07, 6.45) is 84.0. The largest absolute Gasteiger partial charge is 0.462 e. The highest BCUT2D eigenvalue weighted by molar-refractivity contribution is 5.71. The summed E-state index contributed by atoms with van der Waals surface area (Å²) in [5.41, 5.74) is 0. The van der Waals surface area contributed by atoms with Crippen LogP contribution in [0.2, 0.25) is 0 Å². The van der Waals surface area contributed by atoms with Gasteiger partial charge in [-0.2, -0.15) is 0 Å². The van der Waals surface area contributed by atoms with Crippen molar-refractivity contribution in [2.24, 2.45) is 0 Å². The molecule has 0 spiro atoms. The van der Waals surface area contributed by atoms with Gasteiger partial charge in [0.05, 0.1) is 0 Å². The predicted octanol–water partition coefficient (Wildman–Crippen LogP) is 19.6. The molecule has 72 heavy (non-hydrogen) atoms. The zero-order valence-electron chi connectivity index (χ0n) is 46.1. The van der Waals surface area contributed by atoms with Gasteiger partial charge in [0.15, 0.2) is 6.10 Å². The number of esters is 3. The number of ether oxygens (including phenoxy) is 3. The van der Waals surface area contributed by atoms with Crippen molar-refractivity contribution in [3.05, 3.63) is 146 Å². The number of hydrogen-bond donors (Lipinski definition) is 0. The number of carbonyl (C=O) groups is 3. The van der Waals surface area contributed by atoms with Gasteiger partial charge >= 0.3 is 17.9 Å². The lowest BCUT2D eigenvalue weighted by Gasteiger charge is -2.18. The summed E-state index contributed by atoms with van der Waals surface area (Å²) < 4.78 is 16.8. The fourth-order valence-electron chi connectivity index (χ4n) is 7.39. The summed E-state index contributed by atoms with van der Waals surface area (Å²) >= 11 is 0. The first-order valence-electron chi connectivity index (χ1n) is 28.9. The Morgan fingerprint density at radius 2 is 0.611 bits per heavy atom. The van der Waals surface area contributed by atoms with Crippen LogP contribution in [-0.4, -0.2) is 37.2 Å². The van der Waals surface area contributed by atoms with Crippen LogP contribution in [0.25, 0.3) is 0 Å². The molecule has 1 unspecified atom stereocenters. The van der Waals surface area contributed by atoms with Crippen LogP contribution in [0.3, 0.4) is 0 Å². The summed E-state index contributed by atoms with van der Waals surface area (Å²) in [6, 6.07) is 0. The van der Waals surface area contributed by atoms with Crippen LogP contribution in [0.4, 0.5) is 0 Å². The van der Waals surface area contributed by atoms with E-state index in [-0.39, 0.29) is 44.0 Å². The Labute approximate surface area is 442 Å². The molecule has 0 heterocycles. The van der Waals surface area contributed by atoms with Gasteiger partial charge < -0.3 is 14.2 Å². The van der Waals surface area contributed by atoms with E-state index in [9.17, 15) is 14.4 Å². The Kier molecular flexibility index (Phi) is 55.0. The molecule has 0 aromatic heterocycles. The van der Waals surface area contributed by atoms with Crippen molar-refractivity contribution in [2.45, 2.75) is 239 Å². The first-order chi connectivity index (χ1) is 35.5. The lowest BCUT2D eigenvalue weighted by molar-refractivity contribution is -0.167. The Morgan fingerprint density at radius 3 is 1.03 bits per heavy atom. The maximum atomic E-state index is 12.9. The van der Waals surface area contributed by atoms with E-state index in [2.05, 4.69) is 167 Å². The van der Waals surface area contributed by atoms with Gasteiger partial charge in [-0.3, -0.25) is 14.4 Å². The minimum atomic E-state index is -0.823. The Balaban J connectivity index is 4.55. The third-order valence-corrected chi connectivity index (χ3v) is 11.7. The van der Waals surface area contributed by atoms with Crippen LogP contribution in [0.15, 0.2) is 146 Å². The van der Waals surface area contributed by atoms with Crippen molar-refractivity contribution >= 4 is 17.9 Å². The lowest BCUT2D eigenvalue weighted by Crippen LogP contribution is -2.30. The van der Waals surface area contributed by atoms with Gasteiger partial charge in [0.2, 0.25) is 0 Å².